The van der Waals surface area contributed by atoms with Crippen molar-refractivity contribution in [3.63, 3.8) is 0 Å². The zero-order chi connectivity index (χ0) is 33.9. The first-order valence-electron chi connectivity index (χ1n) is 19.5. The van der Waals surface area contributed by atoms with E-state index in [0.717, 1.165) is 44.9 Å². The Balaban J connectivity index is 4.24. The molecule has 0 fully saturated rings. The van der Waals surface area contributed by atoms with Crippen molar-refractivity contribution < 1.29 is 25.9 Å². The SMILES string of the molecule is [2H]C([2H])(Cl)C([2H])(OC(=O)CCCCCCCCCCCCCCC)C([2H])([2H])OC(=O)CCCCCCCCCCCCCCC. The van der Waals surface area contributed by atoms with Gasteiger partial charge in [0.15, 0.2) is 0 Å². The Hall–Kier alpha value is -0.770. The highest BCUT2D eigenvalue weighted by atomic mass is 35.5. The Bertz CT molecular complexity index is 735. The van der Waals surface area contributed by atoms with Gasteiger partial charge in [-0.15, -0.1) is 11.6 Å². The average molecular weight is 592 g/mol. The third kappa shape index (κ3) is 30.2. The topological polar surface area (TPSA) is 52.6 Å². The van der Waals surface area contributed by atoms with Gasteiger partial charge in [0, 0.05) is 15.6 Å². The zero-order valence-electron chi connectivity index (χ0n) is 31.3. The summed E-state index contributed by atoms with van der Waals surface area (Å²) >= 11 is 5.71. The third-order valence-corrected chi connectivity index (χ3v) is 7.70. The quantitative estimate of drug-likeness (QED) is 0.0443. The first kappa shape index (κ1) is 30.7. The molecule has 5 heteroatoms. The maximum atomic E-state index is 12.5. The number of halogens is 1. The van der Waals surface area contributed by atoms with Crippen molar-refractivity contribution in [3.8, 4) is 0 Å². The van der Waals surface area contributed by atoms with E-state index in [1.807, 2.05) is 0 Å². The van der Waals surface area contributed by atoms with Gasteiger partial charge in [-0.2, -0.15) is 0 Å². The molecule has 40 heavy (non-hydrogen) atoms. The summed E-state index contributed by atoms with van der Waals surface area (Å²) in [5.74, 6) is -4.97. The van der Waals surface area contributed by atoms with Crippen LogP contribution in [0.3, 0.4) is 0 Å². The second kappa shape index (κ2) is 32.7. The van der Waals surface area contributed by atoms with E-state index in [9.17, 15) is 9.59 Å². The minimum absolute atomic E-state index is 0.0639. The Kier molecular flexibility index (Phi) is 25.1. The molecule has 0 heterocycles. The van der Waals surface area contributed by atoms with Crippen LogP contribution < -0.4 is 0 Å². The van der Waals surface area contributed by atoms with Gasteiger partial charge in [-0.05, 0) is 12.8 Å². The summed E-state index contributed by atoms with van der Waals surface area (Å²) in [6.07, 6.45) is 26.3. The number of unbranched alkanes of at least 4 members (excludes halogenated alkanes) is 24. The van der Waals surface area contributed by atoms with Crippen LogP contribution in [0.4, 0.5) is 0 Å². The highest BCUT2D eigenvalue weighted by molar-refractivity contribution is 6.18. The smallest absolute Gasteiger partial charge is 0.306 e. The summed E-state index contributed by atoms with van der Waals surface area (Å²) in [5, 5.41) is 0. The molecule has 0 aliphatic rings. The molecule has 0 radical (unpaired) electrons. The number of hydrogen-bond acceptors (Lipinski definition) is 4. The van der Waals surface area contributed by atoms with E-state index in [1.165, 1.54) is 109 Å². The highest BCUT2D eigenvalue weighted by Crippen LogP contribution is 2.15. The molecule has 0 saturated carbocycles. The van der Waals surface area contributed by atoms with Gasteiger partial charge in [-0.3, -0.25) is 9.59 Å². The Labute approximate surface area is 261 Å². The first-order chi connectivity index (χ1) is 21.4. The highest BCUT2D eigenvalue weighted by Gasteiger charge is 2.16. The van der Waals surface area contributed by atoms with Gasteiger partial charge in [0.05, 0.1) is 9.94 Å². The summed E-state index contributed by atoms with van der Waals surface area (Å²) in [4.78, 5) is 24.8. The maximum Gasteiger partial charge on any atom is 0.306 e. The zero-order valence-corrected chi connectivity index (χ0v) is 27.1. The normalized spacial score (nSPS) is 15.3. The van der Waals surface area contributed by atoms with Crippen LogP contribution in [-0.4, -0.2) is 30.4 Å². The molecular formula is C35H67ClO4. The second-order valence-electron chi connectivity index (χ2n) is 11.5. The van der Waals surface area contributed by atoms with E-state index < -0.39 is 30.4 Å². The van der Waals surface area contributed by atoms with Gasteiger partial charge in [-0.25, -0.2) is 0 Å². The molecular weight excluding hydrogens is 520 g/mol. The molecule has 4 nitrogen and oxygen atoms in total. The number of hydrogen-bond donors (Lipinski definition) is 0. The van der Waals surface area contributed by atoms with Crippen molar-refractivity contribution in [3.05, 3.63) is 0 Å². The number of alkyl halides is 1. The van der Waals surface area contributed by atoms with Crippen LogP contribution in [0.5, 0.6) is 0 Å². The molecule has 0 aromatic rings. The minimum atomic E-state index is -3.27. The standard InChI is InChI=1S/C35H67ClO4/c1-3-5-7-9-11-13-15-17-19-21-23-25-27-29-34(37)39-32-33(31-36)40-35(38)30-28-26-24-22-20-18-16-14-12-10-8-6-4-2/h33H,3-32H2,1-2H3/i31D2,32D2,33D. The molecule has 0 saturated heterocycles. The first-order valence-corrected chi connectivity index (χ1v) is 17.4. The number of rotatable bonds is 32. The van der Waals surface area contributed by atoms with Crippen molar-refractivity contribution in [2.24, 2.45) is 0 Å². The fourth-order valence-corrected chi connectivity index (χ4v) is 5.03. The average Bonchev–Trinajstić information content (AvgIpc) is 2.97. The largest absolute Gasteiger partial charge is 0.462 e. The summed E-state index contributed by atoms with van der Waals surface area (Å²) < 4.78 is 50.1. The van der Waals surface area contributed by atoms with Crippen molar-refractivity contribution in [2.45, 2.75) is 200 Å². The van der Waals surface area contributed by atoms with Crippen LogP contribution >= 0.6 is 11.6 Å². The van der Waals surface area contributed by atoms with Gasteiger partial charge < -0.3 is 9.47 Å². The summed E-state index contributed by atoms with van der Waals surface area (Å²) in [6.45, 7) is 1.19. The van der Waals surface area contributed by atoms with E-state index in [4.69, 9.17) is 27.9 Å². The molecule has 0 bridgehead atoms. The molecule has 0 aromatic carbocycles. The van der Waals surface area contributed by atoms with Crippen LogP contribution in [0.25, 0.3) is 0 Å². The molecule has 1 unspecified atom stereocenters. The van der Waals surface area contributed by atoms with Gasteiger partial charge in [0.25, 0.3) is 0 Å². The van der Waals surface area contributed by atoms with Crippen LogP contribution in [0.1, 0.15) is 200 Å². The van der Waals surface area contributed by atoms with Crippen molar-refractivity contribution in [1.29, 1.82) is 0 Å². The number of ether oxygens (including phenoxy) is 2. The monoisotopic (exact) mass is 592 g/mol. The van der Waals surface area contributed by atoms with Crippen LogP contribution in [0.2, 0.25) is 0 Å². The fraction of sp³-hybridized carbons (Fsp3) is 0.943. The van der Waals surface area contributed by atoms with Crippen molar-refractivity contribution in [2.75, 3.05) is 12.4 Å². The second-order valence-corrected chi connectivity index (χ2v) is 11.6. The van der Waals surface area contributed by atoms with Gasteiger partial charge in [0.2, 0.25) is 0 Å². The van der Waals surface area contributed by atoms with Crippen LogP contribution in [0.15, 0.2) is 0 Å². The lowest BCUT2D eigenvalue weighted by Crippen LogP contribution is -2.26. The maximum absolute atomic E-state index is 12.5. The van der Waals surface area contributed by atoms with Crippen molar-refractivity contribution in [1.82, 2.24) is 0 Å². The van der Waals surface area contributed by atoms with E-state index in [1.54, 1.807) is 0 Å². The number of carbonyl (C=O) groups is 2. The molecule has 0 amide bonds. The molecule has 1 atom stereocenters. The van der Waals surface area contributed by atoms with E-state index in [2.05, 4.69) is 13.8 Å². The number of carbonyl (C=O) groups excluding carboxylic acids is 2. The molecule has 0 spiro atoms. The molecule has 0 rings (SSSR count). The molecule has 0 N–H and O–H groups in total. The lowest BCUT2D eigenvalue weighted by molar-refractivity contribution is -0.157. The summed E-state index contributed by atoms with van der Waals surface area (Å²) in [6, 6.07) is 0. The predicted molar refractivity (Wildman–Crippen MR) is 172 cm³/mol. The Morgan fingerprint density at radius 2 is 0.850 bits per heavy atom. The minimum Gasteiger partial charge on any atom is -0.462 e. The van der Waals surface area contributed by atoms with Gasteiger partial charge in [-0.1, -0.05) is 168 Å². The molecule has 0 aliphatic heterocycles. The van der Waals surface area contributed by atoms with E-state index in [0.29, 0.717) is 12.8 Å². The van der Waals surface area contributed by atoms with E-state index >= 15 is 0 Å². The van der Waals surface area contributed by atoms with Gasteiger partial charge >= 0.3 is 11.9 Å². The lowest BCUT2D eigenvalue weighted by atomic mass is 10.0. The molecule has 0 aliphatic carbocycles. The Morgan fingerprint density at radius 3 is 1.18 bits per heavy atom. The van der Waals surface area contributed by atoms with Crippen molar-refractivity contribution >= 4 is 23.5 Å². The van der Waals surface area contributed by atoms with Gasteiger partial charge in [0.1, 0.15) is 12.6 Å². The predicted octanol–water partition coefficient (Wildman–Crippen LogP) is 11.6. The summed E-state index contributed by atoms with van der Waals surface area (Å²) in [5.41, 5.74) is 0. The summed E-state index contributed by atoms with van der Waals surface area (Å²) in [7, 11) is 0. The Morgan fingerprint density at radius 1 is 0.550 bits per heavy atom. The molecule has 238 valence electrons. The number of esters is 2. The third-order valence-electron chi connectivity index (χ3n) is 7.53. The van der Waals surface area contributed by atoms with E-state index in [-0.39, 0.29) is 12.8 Å². The van der Waals surface area contributed by atoms with Crippen LogP contribution in [0, 0.1) is 0 Å². The molecule has 0 aromatic heterocycles. The lowest BCUT2D eigenvalue weighted by Gasteiger charge is -2.15. The van der Waals surface area contributed by atoms with Crippen LogP contribution in [-0.2, 0) is 19.1 Å². The fourth-order valence-electron chi connectivity index (χ4n) is 4.95.